The Hall–Kier alpha value is -2.50. The van der Waals surface area contributed by atoms with Crippen LogP contribution in [0.5, 0.6) is 5.75 Å². The van der Waals surface area contributed by atoms with Crippen molar-refractivity contribution >= 4 is 34.8 Å². The van der Waals surface area contributed by atoms with Gasteiger partial charge in [0.15, 0.2) is 0 Å². The lowest BCUT2D eigenvalue weighted by Crippen LogP contribution is -2.12. The van der Waals surface area contributed by atoms with Crippen molar-refractivity contribution in [2.24, 2.45) is 0 Å². The van der Waals surface area contributed by atoms with Gasteiger partial charge in [0, 0.05) is 5.56 Å². The zero-order chi connectivity index (χ0) is 17.8. The van der Waals surface area contributed by atoms with Crippen molar-refractivity contribution < 1.29 is 9.53 Å². The normalized spacial score (nSPS) is 10.5. The molecule has 5 nitrogen and oxygen atoms in total. The van der Waals surface area contributed by atoms with Crippen molar-refractivity contribution in [3.05, 3.63) is 64.3 Å². The molecule has 1 heterocycles. The Morgan fingerprint density at radius 2 is 1.96 bits per heavy atom. The van der Waals surface area contributed by atoms with Crippen LogP contribution in [0.3, 0.4) is 0 Å². The number of halogens is 2. The molecular formula is C18H15Cl2N3O2. The minimum Gasteiger partial charge on any atom is -0.494 e. The molecule has 128 valence electrons. The minimum atomic E-state index is -0.353. The Morgan fingerprint density at radius 1 is 1.20 bits per heavy atom. The fourth-order valence-corrected chi connectivity index (χ4v) is 2.61. The van der Waals surface area contributed by atoms with E-state index in [0.29, 0.717) is 33.7 Å². The van der Waals surface area contributed by atoms with Crippen molar-refractivity contribution in [2.75, 3.05) is 11.9 Å². The van der Waals surface area contributed by atoms with Crippen LogP contribution in [0.25, 0.3) is 11.3 Å². The van der Waals surface area contributed by atoms with Crippen LogP contribution in [0.1, 0.15) is 17.4 Å². The molecule has 0 radical (unpaired) electrons. The van der Waals surface area contributed by atoms with E-state index < -0.39 is 0 Å². The maximum Gasteiger partial charge on any atom is 0.273 e. The van der Waals surface area contributed by atoms with E-state index in [1.165, 1.54) is 0 Å². The van der Waals surface area contributed by atoms with Crippen molar-refractivity contribution in [2.45, 2.75) is 6.92 Å². The number of hydrogen-bond acceptors (Lipinski definition) is 3. The number of hydrogen-bond donors (Lipinski definition) is 2. The summed E-state index contributed by atoms with van der Waals surface area (Å²) in [7, 11) is 0. The largest absolute Gasteiger partial charge is 0.494 e. The van der Waals surface area contributed by atoms with E-state index in [0.717, 1.165) is 11.3 Å². The lowest BCUT2D eigenvalue weighted by Gasteiger charge is -2.06. The second-order valence-electron chi connectivity index (χ2n) is 5.18. The molecule has 0 aliphatic carbocycles. The fourth-order valence-electron chi connectivity index (χ4n) is 2.26. The van der Waals surface area contributed by atoms with E-state index in [9.17, 15) is 4.79 Å². The molecule has 0 bridgehead atoms. The Morgan fingerprint density at radius 3 is 2.68 bits per heavy atom. The van der Waals surface area contributed by atoms with Gasteiger partial charge in [-0.2, -0.15) is 5.10 Å². The number of ether oxygens (including phenoxy) is 1. The molecule has 1 amide bonds. The highest BCUT2D eigenvalue weighted by molar-refractivity contribution is 6.44. The number of rotatable bonds is 5. The van der Waals surface area contributed by atoms with Gasteiger partial charge in [0.1, 0.15) is 11.4 Å². The first kappa shape index (κ1) is 17.3. The molecule has 0 atom stereocenters. The predicted octanol–water partition coefficient (Wildman–Crippen LogP) is 5.03. The summed E-state index contributed by atoms with van der Waals surface area (Å²) in [6.07, 6.45) is 0. The molecule has 1 aromatic heterocycles. The number of carbonyl (C=O) groups is 1. The van der Waals surface area contributed by atoms with E-state index in [4.69, 9.17) is 27.9 Å². The average molecular weight is 376 g/mol. The van der Waals surface area contributed by atoms with Crippen LogP contribution in [0.15, 0.2) is 48.5 Å². The molecule has 0 aliphatic rings. The lowest BCUT2D eigenvalue weighted by atomic mass is 10.1. The van der Waals surface area contributed by atoms with Crippen LogP contribution < -0.4 is 10.1 Å². The molecule has 3 rings (SSSR count). The van der Waals surface area contributed by atoms with Gasteiger partial charge in [-0.25, -0.2) is 0 Å². The quantitative estimate of drug-likeness (QED) is 0.656. The number of H-pyrrole nitrogens is 1. The molecule has 0 fully saturated rings. The van der Waals surface area contributed by atoms with Crippen LogP contribution in [-0.4, -0.2) is 22.7 Å². The van der Waals surface area contributed by atoms with E-state index in [1.54, 1.807) is 24.3 Å². The maximum absolute atomic E-state index is 12.4. The topological polar surface area (TPSA) is 67.0 Å². The van der Waals surface area contributed by atoms with E-state index >= 15 is 0 Å². The number of anilines is 1. The predicted molar refractivity (Wildman–Crippen MR) is 99.6 cm³/mol. The lowest BCUT2D eigenvalue weighted by molar-refractivity contribution is 0.102. The second kappa shape index (κ2) is 7.59. The highest BCUT2D eigenvalue weighted by Gasteiger charge is 2.13. The van der Waals surface area contributed by atoms with Gasteiger partial charge in [0.2, 0.25) is 0 Å². The van der Waals surface area contributed by atoms with Gasteiger partial charge in [-0.05, 0) is 49.4 Å². The number of nitrogens with zero attached hydrogens (tertiary/aromatic N) is 1. The molecule has 2 N–H and O–H groups in total. The van der Waals surface area contributed by atoms with Crippen LogP contribution in [0.2, 0.25) is 10.0 Å². The molecule has 0 unspecified atom stereocenters. The summed E-state index contributed by atoms with van der Waals surface area (Å²) in [4.78, 5) is 12.4. The molecule has 0 saturated heterocycles. The number of amides is 1. The van der Waals surface area contributed by atoms with Gasteiger partial charge in [-0.3, -0.25) is 9.89 Å². The summed E-state index contributed by atoms with van der Waals surface area (Å²) in [5.41, 5.74) is 2.29. The van der Waals surface area contributed by atoms with Crippen LogP contribution in [-0.2, 0) is 0 Å². The third-order valence-corrected chi connectivity index (χ3v) is 4.30. The number of nitrogens with one attached hydrogen (secondary N) is 2. The van der Waals surface area contributed by atoms with Crippen LogP contribution in [0, 0.1) is 0 Å². The zero-order valence-electron chi connectivity index (χ0n) is 13.3. The smallest absolute Gasteiger partial charge is 0.273 e. The SMILES string of the molecule is CCOc1ccc(-c2cc(C(=O)Nc3cccc(Cl)c3Cl)[nH]n2)cc1. The Labute approximate surface area is 154 Å². The summed E-state index contributed by atoms with van der Waals surface area (Å²) >= 11 is 12.0. The van der Waals surface area contributed by atoms with Crippen molar-refractivity contribution in [1.82, 2.24) is 10.2 Å². The second-order valence-corrected chi connectivity index (χ2v) is 5.96. The summed E-state index contributed by atoms with van der Waals surface area (Å²) in [6, 6.07) is 14.2. The summed E-state index contributed by atoms with van der Waals surface area (Å²) in [6.45, 7) is 2.54. The van der Waals surface area contributed by atoms with Gasteiger partial charge in [0.05, 0.1) is 28.0 Å². The Bertz CT molecular complexity index is 892. The standard InChI is InChI=1S/C18H15Cl2N3O2/c1-2-25-12-8-6-11(7-9-12)15-10-16(23-22-15)18(24)21-14-5-3-4-13(19)17(14)20/h3-10H,2H2,1H3,(H,21,24)(H,22,23). The first-order valence-electron chi connectivity index (χ1n) is 7.62. The molecule has 25 heavy (non-hydrogen) atoms. The third-order valence-electron chi connectivity index (χ3n) is 3.48. The number of aromatic amines is 1. The van der Waals surface area contributed by atoms with Crippen LogP contribution >= 0.6 is 23.2 Å². The summed E-state index contributed by atoms with van der Waals surface area (Å²) in [5.74, 6) is 0.434. The minimum absolute atomic E-state index is 0.295. The van der Waals surface area contributed by atoms with Gasteiger partial charge in [-0.1, -0.05) is 29.3 Å². The highest BCUT2D eigenvalue weighted by Crippen LogP contribution is 2.30. The van der Waals surface area contributed by atoms with Gasteiger partial charge in [0.25, 0.3) is 5.91 Å². The molecule has 0 aliphatic heterocycles. The monoisotopic (exact) mass is 375 g/mol. The molecule has 7 heteroatoms. The molecule has 3 aromatic rings. The first-order chi connectivity index (χ1) is 12.1. The summed E-state index contributed by atoms with van der Waals surface area (Å²) < 4.78 is 5.41. The molecule has 0 spiro atoms. The molecular weight excluding hydrogens is 361 g/mol. The van der Waals surface area contributed by atoms with Crippen molar-refractivity contribution in [3.8, 4) is 17.0 Å². The van der Waals surface area contributed by atoms with E-state index in [2.05, 4.69) is 15.5 Å². The number of benzene rings is 2. The average Bonchev–Trinajstić information content (AvgIpc) is 3.10. The third kappa shape index (κ3) is 3.95. The van der Waals surface area contributed by atoms with E-state index in [-0.39, 0.29) is 5.91 Å². The summed E-state index contributed by atoms with van der Waals surface area (Å²) in [5, 5.41) is 10.3. The van der Waals surface area contributed by atoms with E-state index in [1.807, 2.05) is 31.2 Å². The van der Waals surface area contributed by atoms with Crippen molar-refractivity contribution in [1.29, 1.82) is 0 Å². The Balaban J connectivity index is 1.76. The highest BCUT2D eigenvalue weighted by atomic mass is 35.5. The van der Waals surface area contributed by atoms with Crippen LogP contribution in [0.4, 0.5) is 5.69 Å². The van der Waals surface area contributed by atoms with Crippen molar-refractivity contribution in [3.63, 3.8) is 0 Å². The first-order valence-corrected chi connectivity index (χ1v) is 8.38. The fraction of sp³-hybridized carbons (Fsp3) is 0.111. The molecule has 2 aromatic carbocycles. The number of carbonyl (C=O) groups excluding carboxylic acids is 1. The maximum atomic E-state index is 12.4. The van der Waals surface area contributed by atoms with Gasteiger partial charge in [-0.15, -0.1) is 0 Å². The van der Waals surface area contributed by atoms with Gasteiger partial charge < -0.3 is 10.1 Å². The molecule has 0 saturated carbocycles. The zero-order valence-corrected chi connectivity index (χ0v) is 14.9. The Kier molecular flexibility index (Phi) is 5.26. The van der Waals surface area contributed by atoms with Gasteiger partial charge >= 0.3 is 0 Å². The number of aromatic nitrogens is 2.